The molecule has 1 aromatic carbocycles. The van der Waals surface area contributed by atoms with E-state index < -0.39 is 11.7 Å². The lowest BCUT2D eigenvalue weighted by molar-refractivity contribution is -0.137. The van der Waals surface area contributed by atoms with Crippen molar-refractivity contribution in [3.63, 3.8) is 0 Å². The van der Waals surface area contributed by atoms with E-state index in [1.165, 1.54) is 12.5 Å². The molecule has 2 rings (SSSR count). The Morgan fingerprint density at radius 3 is 2.39 bits per heavy atom. The first-order chi connectivity index (χ1) is 8.47. The number of rotatable bonds is 2. The zero-order valence-corrected chi connectivity index (χ0v) is 10.6. The second kappa shape index (κ2) is 5.39. The molecule has 1 saturated carbocycles. The maximum absolute atomic E-state index is 12.6. The SMILES string of the molecule is FC(F)(F)c1ccc(Cl)c(NC2CCCCC2)c1. The van der Waals surface area contributed by atoms with E-state index in [9.17, 15) is 13.2 Å². The molecule has 1 aliphatic carbocycles. The van der Waals surface area contributed by atoms with Gasteiger partial charge in [-0.1, -0.05) is 30.9 Å². The highest BCUT2D eigenvalue weighted by atomic mass is 35.5. The monoisotopic (exact) mass is 277 g/mol. The van der Waals surface area contributed by atoms with Crippen LogP contribution in [0.4, 0.5) is 18.9 Å². The van der Waals surface area contributed by atoms with Crippen LogP contribution < -0.4 is 5.32 Å². The van der Waals surface area contributed by atoms with Crippen molar-refractivity contribution in [1.29, 1.82) is 0 Å². The minimum atomic E-state index is -4.33. The lowest BCUT2D eigenvalue weighted by Crippen LogP contribution is -2.22. The summed E-state index contributed by atoms with van der Waals surface area (Å²) >= 11 is 5.94. The van der Waals surface area contributed by atoms with Gasteiger partial charge in [0.25, 0.3) is 0 Å². The van der Waals surface area contributed by atoms with E-state index in [1.54, 1.807) is 0 Å². The quantitative estimate of drug-likeness (QED) is 0.793. The molecule has 0 radical (unpaired) electrons. The predicted octanol–water partition coefficient (Wildman–Crippen LogP) is 5.10. The fourth-order valence-corrected chi connectivity index (χ4v) is 2.45. The van der Waals surface area contributed by atoms with Gasteiger partial charge in [-0.2, -0.15) is 13.2 Å². The van der Waals surface area contributed by atoms with Crippen molar-refractivity contribution >= 4 is 17.3 Å². The molecule has 0 heterocycles. The number of nitrogens with one attached hydrogen (secondary N) is 1. The average Bonchev–Trinajstić information content (AvgIpc) is 2.32. The molecule has 0 aliphatic heterocycles. The van der Waals surface area contributed by atoms with Crippen LogP contribution in [0.3, 0.4) is 0 Å². The third-order valence-electron chi connectivity index (χ3n) is 3.26. The summed E-state index contributed by atoms with van der Waals surface area (Å²) in [6.45, 7) is 0. The Morgan fingerprint density at radius 2 is 1.78 bits per heavy atom. The van der Waals surface area contributed by atoms with Gasteiger partial charge in [-0.3, -0.25) is 0 Å². The molecule has 1 aliphatic rings. The van der Waals surface area contributed by atoms with Gasteiger partial charge >= 0.3 is 6.18 Å². The van der Waals surface area contributed by atoms with Crippen LogP contribution in [0.5, 0.6) is 0 Å². The molecular formula is C13H15ClF3N. The molecule has 0 atom stereocenters. The van der Waals surface area contributed by atoms with Crippen LogP contribution in [-0.2, 0) is 6.18 Å². The van der Waals surface area contributed by atoms with Gasteiger partial charge in [-0.05, 0) is 31.0 Å². The van der Waals surface area contributed by atoms with Crippen LogP contribution in [0.15, 0.2) is 18.2 Å². The first kappa shape index (κ1) is 13.5. The van der Waals surface area contributed by atoms with Gasteiger partial charge in [-0.15, -0.1) is 0 Å². The number of benzene rings is 1. The molecule has 0 unspecified atom stereocenters. The van der Waals surface area contributed by atoms with Gasteiger partial charge in [0.1, 0.15) is 0 Å². The van der Waals surface area contributed by atoms with E-state index >= 15 is 0 Å². The Kier molecular flexibility index (Phi) is 4.05. The Morgan fingerprint density at radius 1 is 1.11 bits per heavy atom. The zero-order valence-electron chi connectivity index (χ0n) is 9.86. The summed E-state index contributed by atoms with van der Waals surface area (Å²) in [6.07, 6.45) is 1.10. The third kappa shape index (κ3) is 3.31. The van der Waals surface area contributed by atoms with Crippen molar-refractivity contribution in [1.82, 2.24) is 0 Å². The second-order valence-electron chi connectivity index (χ2n) is 4.67. The van der Waals surface area contributed by atoms with Crippen molar-refractivity contribution in [2.45, 2.75) is 44.3 Å². The number of hydrogen-bond donors (Lipinski definition) is 1. The first-order valence-corrected chi connectivity index (χ1v) is 6.48. The van der Waals surface area contributed by atoms with Gasteiger partial charge in [0.2, 0.25) is 0 Å². The highest BCUT2D eigenvalue weighted by molar-refractivity contribution is 6.33. The van der Waals surface area contributed by atoms with Gasteiger partial charge in [0.05, 0.1) is 16.3 Å². The van der Waals surface area contributed by atoms with E-state index in [0.29, 0.717) is 10.7 Å². The van der Waals surface area contributed by atoms with E-state index in [1.807, 2.05) is 0 Å². The summed E-state index contributed by atoms with van der Waals surface area (Å²) in [5, 5.41) is 3.47. The molecule has 100 valence electrons. The minimum Gasteiger partial charge on any atom is -0.381 e. The Balaban J connectivity index is 2.15. The topological polar surface area (TPSA) is 12.0 Å². The maximum atomic E-state index is 12.6. The first-order valence-electron chi connectivity index (χ1n) is 6.10. The molecule has 18 heavy (non-hydrogen) atoms. The zero-order chi connectivity index (χ0) is 13.2. The molecular weight excluding hydrogens is 263 g/mol. The van der Waals surface area contributed by atoms with E-state index in [4.69, 9.17) is 11.6 Å². The number of halogens is 4. The number of alkyl halides is 3. The normalized spacial score (nSPS) is 17.8. The smallest absolute Gasteiger partial charge is 0.381 e. The number of anilines is 1. The van der Waals surface area contributed by atoms with E-state index in [2.05, 4.69) is 5.32 Å². The van der Waals surface area contributed by atoms with Gasteiger partial charge in [0, 0.05) is 6.04 Å². The van der Waals surface area contributed by atoms with E-state index in [-0.39, 0.29) is 6.04 Å². The Labute approximate surface area is 109 Å². The Bertz CT molecular complexity index is 411. The summed E-state index contributed by atoms with van der Waals surface area (Å²) in [6, 6.07) is 3.64. The highest BCUT2D eigenvalue weighted by Crippen LogP contribution is 2.34. The molecule has 0 bridgehead atoms. The van der Waals surface area contributed by atoms with Crippen molar-refractivity contribution in [2.75, 3.05) is 5.32 Å². The summed E-state index contributed by atoms with van der Waals surface area (Å²) in [5.74, 6) is 0. The lowest BCUT2D eigenvalue weighted by Gasteiger charge is -2.24. The molecule has 0 aromatic heterocycles. The van der Waals surface area contributed by atoms with Crippen molar-refractivity contribution in [3.05, 3.63) is 28.8 Å². The van der Waals surface area contributed by atoms with Crippen molar-refractivity contribution in [2.24, 2.45) is 0 Å². The highest BCUT2D eigenvalue weighted by Gasteiger charge is 2.31. The average molecular weight is 278 g/mol. The number of hydrogen-bond acceptors (Lipinski definition) is 1. The maximum Gasteiger partial charge on any atom is 0.416 e. The lowest BCUT2D eigenvalue weighted by atomic mass is 9.95. The summed E-state index contributed by atoms with van der Waals surface area (Å²) in [7, 11) is 0. The molecule has 0 spiro atoms. The second-order valence-corrected chi connectivity index (χ2v) is 5.08. The largest absolute Gasteiger partial charge is 0.416 e. The molecule has 5 heteroatoms. The molecule has 1 N–H and O–H groups in total. The van der Waals surface area contributed by atoms with Gasteiger partial charge in [0.15, 0.2) is 0 Å². The van der Waals surface area contributed by atoms with Crippen LogP contribution in [0, 0.1) is 0 Å². The van der Waals surface area contributed by atoms with Crippen molar-refractivity contribution < 1.29 is 13.2 Å². The predicted molar refractivity (Wildman–Crippen MR) is 66.9 cm³/mol. The minimum absolute atomic E-state index is 0.236. The molecule has 1 aromatic rings. The van der Waals surface area contributed by atoms with Crippen LogP contribution in [0.25, 0.3) is 0 Å². The fraction of sp³-hybridized carbons (Fsp3) is 0.538. The van der Waals surface area contributed by atoms with E-state index in [0.717, 1.165) is 37.8 Å². The fourth-order valence-electron chi connectivity index (χ4n) is 2.28. The summed E-state index contributed by atoms with van der Waals surface area (Å²) in [5.41, 5.74) is -0.274. The van der Waals surface area contributed by atoms with Crippen LogP contribution in [0.2, 0.25) is 5.02 Å². The molecule has 1 nitrogen and oxygen atoms in total. The Hall–Kier alpha value is -0.900. The van der Waals surface area contributed by atoms with Crippen LogP contribution in [-0.4, -0.2) is 6.04 Å². The molecule has 0 amide bonds. The van der Waals surface area contributed by atoms with Crippen LogP contribution in [0.1, 0.15) is 37.7 Å². The van der Waals surface area contributed by atoms with Gasteiger partial charge < -0.3 is 5.32 Å². The summed E-state index contributed by atoms with van der Waals surface area (Å²) in [4.78, 5) is 0. The van der Waals surface area contributed by atoms with Crippen molar-refractivity contribution in [3.8, 4) is 0 Å². The van der Waals surface area contributed by atoms with Crippen LogP contribution >= 0.6 is 11.6 Å². The summed E-state index contributed by atoms with van der Waals surface area (Å²) < 4.78 is 37.8. The van der Waals surface area contributed by atoms with Gasteiger partial charge in [-0.25, -0.2) is 0 Å². The molecule has 0 saturated heterocycles. The standard InChI is InChI=1S/C13H15ClF3N/c14-11-7-6-9(13(15,16)17)8-12(11)18-10-4-2-1-3-5-10/h6-8,10,18H,1-5H2. The molecule has 1 fully saturated rings. The third-order valence-corrected chi connectivity index (χ3v) is 3.59.